The molecule has 0 amide bonds. The van der Waals surface area contributed by atoms with Gasteiger partial charge in [0.05, 0.1) is 5.69 Å². The number of rotatable bonds is 4. The molecule has 0 unspecified atom stereocenters. The fourth-order valence-electron chi connectivity index (χ4n) is 1.71. The molecule has 2 rings (SSSR count). The monoisotopic (exact) mass is 224 g/mol. The molecule has 1 aliphatic carbocycles. The van der Waals surface area contributed by atoms with E-state index in [9.17, 15) is 0 Å². The number of nitrogens with zero attached hydrogens (tertiary/aromatic N) is 3. The van der Waals surface area contributed by atoms with Crippen molar-refractivity contribution in [3.63, 3.8) is 0 Å². The Morgan fingerprint density at radius 2 is 2.27 bits per heavy atom. The van der Waals surface area contributed by atoms with Crippen molar-refractivity contribution in [2.45, 2.75) is 39.2 Å². The quantitative estimate of drug-likeness (QED) is 0.786. The van der Waals surface area contributed by atoms with Gasteiger partial charge in [0.2, 0.25) is 0 Å². The third-order valence-electron chi connectivity index (χ3n) is 2.69. The fourth-order valence-corrected chi connectivity index (χ4v) is 1.86. The maximum atomic E-state index is 5.64. The molecule has 0 spiro atoms. The molecular weight excluding hydrogens is 208 g/mol. The number of aromatic nitrogens is 3. The summed E-state index contributed by atoms with van der Waals surface area (Å²) in [6, 6.07) is 0.314. The SMILES string of the molecule is CC(C)n1nnc(C(N)=S)c1CC1CC1. The molecule has 82 valence electrons. The second-order valence-corrected chi connectivity index (χ2v) is 4.87. The van der Waals surface area contributed by atoms with Gasteiger partial charge in [-0.1, -0.05) is 17.4 Å². The lowest BCUT2D eigenvalue weighted by Crippen LogP contribution is -2.15. The van der Waals surface area contributed by atoms with Crippen molar-refractivity contribution < 1.29 is 0 Å². The molecular formula is C10H16N4S. The van der Waals surface area contributed by atoms with Crippen LogP contribution in [0, 0.1) is 5.92 Å². The molecule has 0 saturated heterocycles. The summed E-state index contributed by atoms with van der Waals surface area (Å²) < 4.78 is 1.94. The number of hydrogen-bond donors (Lipinski definition) is 1. The van der Waals surface area contributed by atoms with Gasteiger partial charge in [-0.25, -0.2) is 4.68 Å². The van der Waals surface area contributed by atoms with Gasteiger partial charge in [-0.3, -0.25) is 0 Å². The second-order valence-electron chi connectivity index (χ2n) is 4.43. The van der Waals surface area contributed by atoms with E-state index in [2.05, 4.69) is 24.2 Å². The van der Waals surface area contributed by atoms with E-state index in [0.717, 1.165) is 18.0 Å². The van der Waals surface area contributed by atoms with E-state index >= 15 is 0 Å². The van der Waals surface area contributed by atoms with Crippen LogP contribution in [-0.2, 0) is 6.42 Å². The minimum Gasteiger partial charge on any atom is -0.388 e. The first kappa shape index (κ1) is 10.5. The van der Waals surface area contributed by atoms with Crippen molar-refractivity contribution >= 4 is 17.2 Å². The summed E-state index contributed by atoms with van der Waals surface area (Å²) in [5.41, 5.74) is 7.46. The number of nitrogens with two attached hydrogens (primary N) is 1. The first-order valence-corrected chi connectivity index (χ1v) is 5.74. The standard InChI is InChI=1S/C10H16N4S/c1-6(2)14-8(5-7-3-4-7)9(10(11)15)12-13-14/h6-7H,3-5H2,1-2H3,(H2,11,15). The fraction of sp³-hybridized carbons (Fsp3) is 0.700. The van der Waals surface area contributed by atoms with E-state index in [1.807, 2.05) is 4.68 Å². The summed E-state index contributed by atoms with van der Waals surface area (Å²) in [7, 11) is 0. The zero-order valence-electron chi connectivity index (χ0n) is 9.10. The van der Waals surface area contributed by atoms with Crippen LogP contribution in [0.25, 0.3) is 0 Å². The zero-order valence-corrected chi connectivity index (χ0v) is 9.92. The predicted octanol–water partition coefficient (Wildman–Crippen LogP) is 1.45. The molecule has 1 heterocycles. The topological polar surface area (TPSA) is 56.7 Å². The minimum absolute atomic E-state index is 0.314. The molecule has 1 fully saturated rings. The molecule has 1 saturated carbocycles. The number of thiocarbonyl (C=S) groups is 1. The van der Waals surface area contributed by atoms with Crippen molar-refractivity contribution in [3.05, 3.63) is 11.4 Å². The molecule has 0 aromatic carbocycles. The van der Waals surface area contributed by atoms with Crippen molar-refractivity contribution in [2.24, 2.45) is 11.7 Å². The van der Waals surface area contributed by atoms with E-state index in [-0.39, 0.29) is 0 Å². The minimum atomic E-state index is 0.314. The van der Waals surface area contributed by atoms with Crippen LogP contribution in [0.2, 0.25) is 0 Å². The van der Waals surface area contributed by atoms with Crippen molar-refractivity contribution in [3.8, 4) is 0 Å². The van der Waals surface area contributed by atoms with Gasteiger partial charge in [0.15, 0.2) is 0 Å². The summed E-state index contributed by atoms with van der Waals surface area (Å²) in [6.07, 6.45) is 3.62. The van der Waals surface area contributed by atoms with Crippen molar-refractivity contribution in [2.75, 3.05) is 0 Å². The third-order valence-corrected chi connectivity index (χ3v) is 2.89. The lowest BCUT2D eigenvalue weighted by molar-refractivity contribution is 0.489. The van der Waals surface area contributed by atoms with Gasteiger partial charge in [-0.15, -0.1) is 5.10 Å². The summed E-state index contributed by atoms with van der Waals surface area (Å²) in [6.45, 7) is 4.18. The average molecular weight is 224 g/mol. The zero-order chi connectivity index (χ0) is 11.0. The second kappa shape index (κ2) is 3.89. The van der Waals surface area contributed by atoms with Gasteiger partial charge >= 0.3 is 0 Å². The molecule has 1 aromatic heterocycles. The Morgan fingerprint density at radius 1 is 1.60 bits per heavy atom. The molecule has 1 aliphatic rings. The van der Waals surface area contributed by atoms with E-state index in [4.69, 9.17) is 18.0 Å². The number of hydrogen-bond acceptors (Lipinski definition) is 3. The summed E-state index contributed by atoms with van der Waals surface area (Å²) in [4.78, 5) is 0.359. The van der Waals surface area contributed by atoms with Gasteiger partial charge in [0.25, 0.3) is 0 Å². The highest BCUT2D eigenvalue weighted by Gasteiger charge is 2.27. The van der Waals surface area contributed by atoms with Gasteiger partial charge in [0, 0.05) is 6.04 Å². The van der Waals surface area contributed by atoms with Gasteiger partial charge in [-0.05, 0) is 39.0 Å². The molecule has 4 nitrogen and oxygen atoms in total. The van der Waals surface area contributed by atoms with E-state index in [1.54, 1.807) is 0 Å². The predicted molar refractivity (Wildman–Crippen MR) is 62.7 cm³/mol. The van der Waals surface area contributed by atoms with E-state index in [1.165, 1.54) is 12.8 Å². The van der Waals surface area contributed by atoms with Crippen LogP contribution in [0.3, 0.4) is 0 Å². The van der Waals surface area contributed by atoms with E-state index < -0.39 is 0 Å². The van der Waals surface area contributed by atoms with Crippen LogP contribution in [0.4, 0.5) is 0 Å². The Balaban J connectivity index is 2.33. The smallest absolute Gasteiger partial charge is 0.143 e. The molecule has 15 heavy (non-hydrogen) atoms. The van der Waals surface area contributed by atoms with Crippen LogP contribution in [0.1, 0.15) is 44.1 Å². The summed E-state index contributed by atoms with van der Waals surface area (Å²) >= 11 is 4.98. The molecule has 0 atom stereocenters. The highest BCUT2D eigenvalue weighted by Crippen LogP contribution is 2.33. The highest BCUT2D eigenvalue weighted by molar-refractivity contribution is 7.80. The largest absolute Gasteiger partial charge is 0.388 e. The molecule has 0 radical (unpaired) electrons. The Labute approximate surface area is 94.8 Å². The lowest BCUT2D eigenvalue weighted by Gasteiger charge is -2.09. The van der Waals surface area contributed by atoms with Crippen LogP contribution in [0.5, 0.6) is 0 Å². The molecule has 1 aromatic rings. The van der Waals surface area contributed by atoms with Gasteiger partial charge < -0.3 is 5.73 Å². The Hall–Kier alpha value is -0.970. The van der Waals surface area contributed by atoms with Crippen LogP contribution >= 0.6 is 12.2 Å². The van der Waals surface area contributed by atoms with E-state index in [0.29, 0.717) is 16.7 Å². The normalized spacial score (nSPS) is 15.9. The molecule has 2 N–H and O–H groups in total. The Morgan fingerprint density at radius 3 is 2.73 bits per heavy atom. The first-order valence-electron chi connectivity index (χ1n) is 5.33. The third kappa shape index (κ3) is 2.17. The van der Waals surface area contributed by atoms with Gasteiger partial charge in [-0.2, -0.15) is 0 Å². The maximum Gasteiger partial charge on any atom is 0.143 e. The van der Waals surface area contributed by atoms with Crippen LogP contribution in [-0.4, -0.2) is 20.0 Å². The van der Waals surface area contributed by atoms with Crippen molar-refractivity contribution in [1.82, 2.24) is 15.0 Å². The average Bonchev–Trinajstić information content (AvgIpc) is 2.82. The molecule has 0 bridgehead atoms. The highest BCUT2D eigenvalue weighted by atomic mass is 32.1. The summed E-state index contributed by atoms with van der Waals surface area (Å²) in [5.74, 6) is 0.786. The van der Waals surface area contributed by atoms with Crippen LogP contribution < -0.4 is 5.73 Å². The Kier molecular flexibility index (Phi) is 2.73. The Bertz CT molecular complexity index is 379. The van der Waals surface area contributed by atoms with Crippen LogP contribution in [0.15, 0.2) is 0 Å². The maximum absolute atomic E-state index is 5.64. The first-order chi connectivity index (χ1) is 7.09. The molecule has 5 heteroatoms. The van der Waals surface area contributed by atoms with Crippen molar-refractivity contribution in [1.29, 1.82) is 0 Å². The van der Waals surface area contributed by atoms with Gasteiger partial charge in [0.1, 0.15) is 10.7 Å². The summed E-state index contributed by atoms with van der Waals surface area (Å²) in [5, 5.41) is 8.18. The molecule has 0 aliphatic heterocycles. The lowest BCUT2D eigenvalue weighted by atomic mass is 10.1.